The van der Waals surface area contributed by atoms with Gasteiger partial charge in [-0.15, -0.1) is 0 Å². The second-order valence-corrected chi connectivity index (χ2v) is 1.90. The van der Waals surface area contributed by atoms with Gasteiger partial charge in [0.2, 0.25) is 0 Å². The zero-order valence-corrected chi connectivity index (χ0v) is 8.06. The Morgan fingerprint density at radius 2 is 2.33 bits per heavy atom. The summed E-state index contributed by atoms with van der Waals surface area (Å²) in [4.78, 5) is 9.85. The van der Waals surface area contributed by atoms with Crippen LogP contribution in [-0.2, 0) is 20.6 Å². The van der Waals surface area contributed by atoms with Crippen LogP contribution in [0.4, 0.5) is 0 Å². The standard InChI is InChI=1S/C3H6O4S.Na.H/c1-3(4)7-2-8(5)6;;/h2H2,1H3,(H,5,6);;/q;+1;-1/p-1. The van der Waals surface area contributed by atoms with E-state index in [4.69, 9.17) is 0 Å². The first-order valence-electron chi connectivity index (χ1n) is 1.82. The quantitative estimate of drug-likeness (QED) is 0.239. The van der Waals surface area contributed by atoms with Crippen LogP contribution in [0.5, 0.6) is 0 Å². The normalized spacial score (nSPS) is 11.3. The average Bonchev–Trinajstić information content (AvgIpc) is 1.61. The van der Waals surface area contributed by atoms with Gasteiger partial charge < -0.3 is 10.7 Å². The Hall–Kier alpha value is 0.580. The minimum atomic E-state index is -2.28. The average molecular weight is 161 g/mol. The third kappa shape index (κ3) is 11.9. The van der Waals surface area contributed by atoms with Crippen LogP contribution in [0.2, 0.25) is 0 Å². The summed E-state index contributed by atoms with van der Waals surface area (Å²) in [7, 11) is 0. The van der Waals surface area contributed by atoms with Crippen LogP contribution < -0.4 is 29.6 Å². The van der Waals surface area contributed by atoms with Crippen molar-refractivity contribution in [1.82, 2.24) is 0 Å². The largest absolute Gasteiger partial charge is 1.00 e. The third-order valence-corrected chi connectivity index (χ3v) is 0.669. The Labute approximate surface area is 79.0 Å². The van der Waals surface area contributed by atoms with Crippen LogP contribution in [-0.4, -0.2) is 20.7 Å². The Morgan fingerprint density at radius 1 is 1.89 bits per heavy atom. The molecule has 6 heteroatoms. The molecule has 4 nitrogen and oxygen atoms in total. The van der Waals surface area contributed by atoms with Crippen molar-refractivity contribution >= 4 is 17.0 Å². The minimum Gasteiger partial charge on any atom is -1.00 e. The second kappa shape index (κ2) is 6.70. The third-order valence-electron chi connectivity index (χ3n) is 0.358. The number of ether oxygens (including phenoxy) is 1. The fourth-order valence-corrected chi connectivity index (χ4v) is 0.393. The number of rotatable bonds is 2. The smallest absolute Gasteiger partial charge is 1.00 e. The maximum absolute atomic E-state index is 9.85. The number of carbonyl (C=O) groups is 1. The van der Waals surface area contributed by atoms with E-state index in [0.717, 1.165) is 6.92 Å². The predicted octanol–water partition coefficient (Wildman–Crippen LogP) is -3.50. The number of carbonyl (C=O) groups excluding carboxylic acids is 1. The van der Waals surface area contributed by atoms with E-state index in [2.05, 4.69) is 4.74 Å². The molecule has 0 N–H and O–H groups in total. The molecule has 0 fully saturated rings. The maximum atomic E-state index is 9.85. The second-order valence-electron chi connectivity index (χ2n) is 1.06. The molecule has 0 aliphatic rings. The Kier molecular flexibility index (Phi) is 9.13. The predicted molar refractivity (Wildman–Crippen MR) is 26.7 cm³/mol. The van der Waals surface area contributed by atoms with Crippen LogP contribution in [0, 0.1) is 0 Å². The van der Waals surface area contributed by atoms with Crippen molar-refractivity contribution in [1.29, 1.82) is 0 Å². The summed E-state index contributed by atoms with van der Waals surface area (Å²) in [6.45, 7) is 1.15. The van der Waals surface area contributed by atoms with E-state index in [0.29, 0.717) is 0 Å². The SMILES string of the molecule is CC(=O)OCS(=O)[O-].[H-].[Na+]. The molecular formula is C3H6NaO4S-. The summed E-state index contributed by atoms with van der Waals surface area (Å²) in [6.07, 6.45) is 0. The van der Waals surface area contributed by atoms with Gasteiger partial charge in [0.15, 0.2) is 5.94 Å². The van der Waals surface area contributed by atoms with Crippen molar-refractivity contribution in [3.05, 3.63) is 0 Å². The van der Waals surface area contributed by atoms with Crippen molar-refractivity contribution in [2.45, 2.75) is 6.92 Å². The molecule has 0 aliphatic heterocycles. The first kappa shape index (κ1) is 12.3. The Balaban J connectivity index is -0.000000245. The zero-order chi connectivity index (χ0) is 6.57. The number of esters is 1. The van der Waals surface area contributed by atoms with Gasteiger partial charge in [0.1, 0.15) is 0 Å². The molecule has 0 rings (SSSR count). The van der Waals surface area contributed by atoms with Gasteiger partial charge in [-0.3, -0.25) is 9.00 Å². The van der Waals surface area contributed by atoms with Crippen molar-refractivity contribution < 1.29 is 49.3 Å². The molecule has 0 saturated carbocycles. The van der Waals surface area contributed by atoms with Crippen LogP contribution in [0.15, 0.2) is 0 Å². The molecule has 0 spiro atoms. The molecular weight excluding hydrogens is 155 g/mol. The maximum Gasteiger partial charge on any atom is 1.00 e. The topological polar surface area (TPSA) is 66.4 Å². The van der Waals surface area contributed by atoms with Gasteiger partial charge in [-0.2, -0.15) is 0 Å². The van der Waals surface area contributed by atoms with Crippen LogP contribution in [0.3, 0.4) is 0 Å². The van der Waals surface area contributed by atoms with E-state index in [9.17, 15) is 13.6 Å². The molecule has 1 unspecified atom stereocenters. The molecule has 0 saturated heterocycles. The Bertz CT molecular complexity index is 105. The van der Waals surface area contributed by atoms with Crippen LogP contribution in [0.1, 0.15) is 8.35 Å². The molecule has 9 heavy (non-hydrogen) atoms. The fraction of sp³-hybridized carbons (Fsp3) is 0.667. The summed E-state index contributed by atoms with van der Waals surface area (Å²) in [5.74, 6) is -1.14. The van der Waals surface area contributed by atoms with Crippen molar-refractivity contribution in [3.8, 4) is 0 Å². The molecule has 0 radical (unpaired) electrons. The van der Waals surface area contributed by atoms with Crippen molar-refractivity contribution in [2.24, 2.45) is 0 Å². The van der Waals surface area contributed by atoms with E-state index in [1.807, 2.05) is 0 Å². The van der Waals surface area contributed by atoms with E-state index in [1.165, 1.54) is 0 Å². The molecule has 1 atom stereocenters. The summed E-state index contributed by atoms with van der Waals surface area (Å²) in [5.41, 5.74) is 0. The van der Waals surface area contributed by atoms with Gasteiger partial charge in [-0.05, 0) is 11.1 Å². The summed E-state index contributed by atoms with van der Waals surface area (Å²) >= 11 is -2.28. The van der Waals surface area contributed by atoms with Gasteiger partial charge in [-0.25, -0.2) is 0 Å². The summed E-state index contributed by atoms with van der Waals surface area (Å²) in [5, 5.41) is 0. The number of hydrogen-bond donors (Lipinski definition) is 0. The monoisotopic (exact) mass is 161 g/mol. The minimum absolute atomic E-state index is 0. The fourth-order valence-electron chi connectivity index (χ4n) is 0.131. The van der Waals surface area contributed by atoms with Gasteiger partial charge in [0.25, 0.3) is 0 Å². The molecule has 0 aromatic carbocycles. The molecule has 0 bridgehead atoms. The van der Waals surface area contributed by atoms with E-state index < -0.39 is 23.0 Å². The van der Waals surface area contributed by atoms with Gasteiger partial charge in [0, 0.05) is 6.92 Å². The molecule has 0 amide bonds. The van der Waals surface area contributed by atoms with Crippen LogP contribution in [0.25, 0.3) is 0 Å². The molecule has 50 valence electrons. The first-order chi connectivity index (χ1) is 3.63. The molecule has 0 heterocycles. The zero-order valence-electron chi connectivity index (χ0n) is 6.25. The summed E-state index contributed by atoms with van der Waals surface area (Å²) in [6, 6.07) is 0. The van der Waals surface area contributed by atoms with Gasteiger partial charge >= 0.3 is 35.5 Å². The number of hydrogen-bond acceptors (Lipinski definition) is 4. The van der Waals surface area contributed by atoms with Gasteiger partial charge in [0.05, 0.1) is 0 Å². The Morgan fingerprint density at radius 3 is 2.44 bits per heavy atom. The van der Waals surface area contributed by atoms with E-state index >= 15 is 0 Å². The van der Waals surface area contributed by atoms with Crippen molar-refractivity contribution in [3.63, 3.8) is 0 Å². The molecule has 0 aliphatic carbocycles. The van der Waals surface area contributed by atoms with Gasteiger partial charge in [-0.1, -0.05) is 0 Å². The van der Waals surface area contributed by atoms with E-state index in [-0.39, 0.29) is 31.0 Å². The molecule has 0 aromatic rings. The van der Waals surface area contributed by atoms with Crippen LogP contribution >= 0.6 is 0 Å². The van der Waals surface area contributed by atoms with E-state index in [1.54, 1.807) is 0 Å². The summed E-state index contributed by atoms with van der Waals surface area (Å²) < 4.78 is 23.3. The molecule has 0 aromatic heterocycles. The van der Waals surface area contributed by atoms with Crippen molar-refractivity contribution in [2.75, 3.05) is 5.94 Å². The first-order valence-corrected chi connectivity index (χ1v) is 3.06.